The van der Waals surface area contributed by atoms with E-state index >= 15 is 0 Å². The van der Waals surface area contributed by atoms with Crippen molar-refractivity contribution >= 4 is 31.0 Å². The van der Waals surface area contributed by atoms with Crippen LogP contribution in [0, 0.1) is 5.82 Å². The largest absolute Gasteiger partial charge is 0.381 e. The Morgan fingerprint density at radius 1 is 0.569 bits per heavy atom. The second-order valence-electron chi connectivity index (χ2n) is 14.0. The van der Waals surface area contributed by atoms with Crippen LogP contribution in [0.25, 0.3) is 0 Å². The smallest absolute Gasteiger partial charge is 0.206 e. The monoisotopic (exact) mass is 730 g/mol. The van der Waals surface area contributed by atoms with Gasteiger partial charge in [-0.15, -0.1) is 0 Å². The van der Waals surface area contributed by atoms with Gasteiger partial charge in [-0.3, -0.25) is 0 Å². The lowest BCUT2D eigenvalue weighted by atomic mass is 9.91. The standard InChI is InChI=1S/C20H23FN2O2S.C20H24N2O2S/c1-2-23-11-9-17-18-13-16(7-8-19(18)22-20(17)10-12-23)26(24,25)15-5-3-14(21)4-6-15;1-2-22-12-10-17-18-14-16(8-9-19(18)21-20(17)11-13-22)25(23,24)15-6-4-3-5-7-15/h3-8,13,17,20,22H,2,9-12H2,1H3;3-9,14,17,20-21H,2,10-13H2,1H3/t2*17-,20+/m11/s1. The number of fused-ring (bicyclic) bond motifs is 6. The van der Waals surface area contributed by atoms with Crippen LogP contribution in [0.15, 0.2) is 111 Å². The zero-order valence-corrected chi connectivity index (χ0v) is 30.9. The highest BCUT2D eigenvalue weighted by Gasteiger charge is 2.36. The number of likely N-dealkylation sites (tertiary alicyclic amines) is 2. The topological polar surface area (TPSA) is 98.8 Å². The molecular formula is C40H47FN4O4S2. The molecule has 11 heteroatoms. The van der Waals surface area contributed by atoms with Crippen molar-refractivity contribution in [1.82, 2.24) is 9.80 Å². The molecule has 0 aromatic heterocycles. The van der Waals surface area contributed by atoms with E-state index in [9.17, 15) is 21.2 Å². The van der Waals surface area contributed by atoms with Gasteiger partial charge in [-0.1, -0.05) is 32.0 Å². The van der Waals surface area contributed by atoms with Crippen molar-refractivity contribution in [3.05, 3.63) is 108 Å². The highest BCUT2D eigenvalue weighted by molar-refractivity contribution is 7.91. The summed E-state index contributed by atoms with van der Waals surface area (Å²) in [7, 11) is -7.11. The van der Waals surface area contributed by atoms with Crippen LogP contribution in [-0.4, -0.2) is 78.0 Å². The molecule has 0 unspecified atom stereocenters. The number of halogens is 1. The van der Waals surface area contributed by atoms with Gasteiger partial charge >= 0.3 is 0 Å². The molecular weight excluding hydrogens is 684 g/mol. The second-order valence-corrected chi connectivity index (χ2v) is 17.9. The lowest BCUT2D eigenvalue weighted by Gasteiger charge is -2.17. The van der Waals surface area contributed by atoms with E-state index < -0.39 is 25.5 Å². The lowest BCUT2D eigenvalue weighted by Crippen LogP contribution is -2.25. The summed E-state index contributed by atoms with van der Waals surface area (Å²) in [5.74, 6) is 0.297. The lowest BCUT2D eigenvalue weighted by molar-refractivity contribution is 0.298. The normalized spacial score (nSPS) is 23.2. The van der Waals surface area contributed by atoms with E-state index in [1.165, 1.54) is 29.8 Å². The Morgan fingerprint density at radius 3 is 1.43 bits per heavy atom. The molecule has 4 heterocycles. The highest BCUT2D eigenvalue weighted by atomic mass is 32.2. The number of hydrogen-bond donors (Lipinski definition) is 2. The number of hydrogen-bond acceptors (Lipinski definition) is 8. The molecule has 0 aliphatic carbocycles. The minimum atomic E-state index is -3.64. The molecule has 51 heavy (non-hydrogen) atoms. The molecule has 2 saturated heterocycles. The molecule has 2 fully saturated rings. The molecule has 0 amide bonds. The molecule has 0 bridgehead atoms. The van der Waals surface area contributed by atoms with E-state index in [1.54, 1.807) is 36.4 Å². The van der Waals surface area contributed by atoms with Gasteiger partial charge in [-0.05, 0) is 136 Å². The molecule has 270 valence electrons. The van der Waals surface area contributed by atoms with E-state index in [0.29, 0.717) is 33.7 Å². The first-order valence-corrected chi connectivity index (χ1v) is 21.1. The second kappa shape index (κ2) is 14.7. The first-order valence-electron chi connectivity index (χ1n) is 18.1. The highest BCUT2D eigenvalue weighted by Crippen LogP contribution is 2.44. The number of nitrogens with zero attached hydrogens (tertiary/aromatic N) is 2. The van der Waals surface area contributed by atoms with Crippen molar-refractivity contribution in [2.75, 3.05) is 49.9 Å². The van der Waals surface area contributed by atoms with Crippen LogP contribution in [0.1, 0.15) is 62.5 Å². The molecule has 4 aromatic carbocycles. The van der Waals surface area contributed by atoms with Crippen molar-refractivity contribution in [2.45, 2.75) is 83.0 Å². The summed E-state index contributed by atoms with van der Waals surface area (Å²) >= 11 is 0. The fourth-order valence-electron chi connectivity index (χ4n) is 8.21. The number of benzene rings is 4. The van der Waals surface area contributed by atoms with Crippen LogP contribution >= 0.6 is 0 Å². The summed E-state index contributed by atoms with van der Waals surface area (Å²) in [6.45, 7) is 10.8. The van der Waals surface area contributed by atoms with Gasteiger partial charge < -0.3 is 20.4 Å². The van der Waals surface area contributed by atoms with Gasteiger partial charge in [0.2, 0.25) is 19.7 Å². The maximum Gasteiger partial charge on any atom is 0.206 e. The SMILES string of the molecule is CCN1CC[C@@H]2Nc3ccc(S(=O)(=O)c4ccc(F)cc4)cc3[C@H]2CC1.CCN1CC[C@@H]2Nc3ccc(S(=O)(=O)c4ccccc4)cc3[C@H]2CC1. The zero-order valence-electron chi connectivity index (χ0n) is 29.3. The number of anilines is 2. The molecule has 2 N–H and O–H groups in total. The average molecular weight is 731 g/mol. The van der Waals surface area contributed by atoms with Crippen molar-refractivity contribution in [1.29, 1.82) is 0 Å². The number of nitrogens with one attached hydrogen (secondary N) is 2. The van der Waals surface area contributed by atoms with Crippen LogP contribution in [0.2, 0.25) is 0 Å². The molecule has 8 rings (SSSR count). The first kappa shape index (κ1) is 35.6. The summed E-state index contributed by atoms with van der Waals surface area (Å²) in [5, 5.41) is 7.19. The van der Waals surface area contributed by atoms with Gasteiger partial charge in [-0.25, -0.2) is 21.2 Å². The molecule has 0 saturated carbocycles. The molecule has 0 spiro atoms. The fourth-order valence-corrected chi connectivity index (χ4v) is 10.8. The first-order chi connectivity index (χ1) is 24.6. The summed E-state index contributed by atoms with van der Waals surface area (Å²) in [4.78, 5) is 6.08. The maximum absolute atomic E-state index is 13.1. The van der Waals surface area contributed by atoms with E-state index in [-0.39, 0.29) is 9.79 Å². The number of rotatable bonds is 6. The maximum atomic E-state index is 13.1. The molecule has 4 atom stereocenters. The minimum absolute atomic E-state index is 0.124. The zero-order chi connectivity index (χ0) is 35.8. The minimum Gasteiger partial charge on any atom is -0.381 e. The Kier molecular flexibility index (Phi) is 10.3. The number of sulfone groups is 2. The Bertz CT molecular complexity index is 2080. The van der Waals surface area contributed by atoms with Crippen LogP contribution in [0.5, 0.6) is 0 Å². The predicted molar refractivity (Wildman–Crippen MR) is 200 cm³/mol. The summed E-state index contributed by atoms with van der Waals surface area (Å²) in [5.41, 5.74) is 4.41. The van der Waals surface area contributed by atoms with Crippen molar-refractivity contribution < 1.29 is 21.2 Å². The van der Waals surface area contributed by atoms with Crippen LogP contribution in [0.3, 0.4) is 0 Å². The van der Waals surface area contributed by atoms with E-state index in [4.69, 9.17) is 0 Å². The van der Waals surface area contributed by atoms with Crippen molar-refractivity contribution in [2.24, 2.45) is 0 Å². The molecule has 4 aliphatic heterocycles. The van der Waals surface area contributed by atoms with E-state index in [0.717, 1.165) is 81.9 Å². The van der Waals surface area contributed by atoms with Gasteiger partial charge in [0.1, 0.15) is 5.82 Å². The van der Waals surface area contributed by atoms with Crippen LogP contribution < -0.4 is 10.6 Å². The quantitative estimate of drug-likeness (QED) is 0.202. The van der Waals surface area contributed by atoms with Crippen LogP contribution in [0.4, 0.5) is 15.8 Å². The predicted octanol–water partition coefficient (Wildman–Crippen LogP) is 7.16. The third kappa shape index (κ3) is 7.18. The van der Waals surface area contributed by atoms with Gasteiger partial charge in [0.05, 0.1) is 19.6 Å². The van der Waals surface area contributed by atoms with Crippen molar-refractivity contribution in [3.63, 3.8) is 0 Å². The summed E-state index contributed by atoms with van der Waals surface area (Å²) < 4.78 is 64.8. The molecule has 0 radical (unpaired) electrons. The van der Waals surface area contributed by atoms with Gasteiger partial charge in [0.25, 0.3) is 0 Å². The Morgan fingerprint density at radius 2 is 0.980 bits per heavy atom. The molecule has 4 aromatic rings. The summed E-state index contributed by atoms with van der Waals surface area (Å²) in [6.07, 6.45) is 4.27. The Hall–Kier alpha value is -3.77. The van der Waals surface area contributed by atoms with E-state index in [1.807, 2.05) is 30.3 Å². The van der Waals surface area contributed by atoms with E-state index in [2.05, 4.69) is 34.3 Å². The average Bonchev–Trinajstić information content (AvgIpc) is 3.50. The van der Waals surface area contributed by atoms with Crippen LogP contribution in [-0.2, 0) is 19.7 Å². The van der Waals surface area contributed by atoms with Gasteiger partial charge in [-0.2, -0.15) is 0 Å². The third-order valence-corrected chi connectivity index (χ3v) is 14.8. The molecule has 8 nitrogen and oxygen atoms in total. The Balaban J connectivity index is 0.000000159. The van der Waals surface area contributed by atoms with Gasteiger partial charge in [0.15, 0.2) is 0 Å². The fraction of sp³-hybridized carbons (Fsp3) is 0.400. The van der Waals surface area contributed by atoms with Gasteiger partial charge in [0, 0.05) is 48.4 Å². The summed E-state index contributed by atoms with van der Waals surface area (Å²) in [6, 6.07) is 25.4. The molecule has 4 aliphatic rings. The van der Waals surface area contributed by atoms with Crippen molar-refractivity contribution in [3.8, 4) is 0 Å². The third-order valence-electron chi connectivity index (χ3n) is 11.2. The Labute approximate surface area is 301 Å².